The molecule has 0 spiro atoms. The SMILES string of the molecule is CCCCCC[C@](C)(O)[C@H]1CC[C@H]2[C@]3(C)C[C@H](O)[C@H]4C[C@@H](O)CC[C@]4(C)[C@H]3CC[C@@]21C. The second kappa shape index (κ2) is 8.27. The fourth-order valence-electron chi connectivity index (χ4n) is 10.1. The van der Waals surface area contributed by atoms with Gasteiger partial charge in [-0.1, -0.05) is 53.4 Å². The Balaban J connectivity index is 1.58. The van der Waals surface area contributed by atoms with E-state index < -0.39 is 5.60 Å². The first kappa shape index (κ1) is 24.0. The van der Waals surface area contributed by atoms with Crippen LogP contribution in [0.5, 0.6) is 0 Å². The summed E-state index contributed by atoms with van der Waals surface area (Å²) in [5, 5.41) is 33.3. The van der Waals surface area contributed by atoms with Crippen molar-refractivity contribution in [1.29, 1.82) is 0 Å². The summed E-state index contributed by atoms with van der Waals surface area (Å²) in [6.45, 7) is 11.8. The fourth-order valence-corrected chi connectivity index (χ4v) is 10.1. The Morgan fingerprint density at radius 3 is 2.23 bits per heavy atom. The van der Waals surface area contributed by atoms with Crippen molar-refractivity contribution in [3.05, 3.63) is 0 Å². The average molecular weight is 435 g/mol. The summed E-state index contributed by atoms with van der Waals surface area (Å²) in [4.78, 5) is 0. The molecule has 3 nitrogen and oxygen atoms in total. The molecule has 3 heteroatoms. The molecule has 0 saturated heterocycles. The first-order valence-electron chi connectivity index (χ1n) is 13.6. The van der Waals surface area contributed by atoms with Crippen LogP contribution in [0.4, 0.5) is 0 Å². The molecule has 10 atom stereocenters. The molecule has 0 aromatic carbocycles. The Morgan fingerprint density at radius 1 is 0.839 bits per heavy atom. The average Bonchev–Trinajstić information content (AvgIpc) is 3.06. The third-order valence-electron chi connectivity index (χ3n) is 11.5. The topological polar surface area (TPSA) is 60.7 Å². The second-order valence-electron chi connectivity index (χ2n) is 13.3. The van der Waals surface area contributed by atoms with Gasteiger partial charge in [0.05, 0.1) is 17.8 Å². The van der Waals surface area contributed by atoms with Crippen LogP contribution in [-0.4, -0.2) is 33.1 Å². The molecule has 4 aliphatic rings. The predicted molar refractivity (Wildman–Crippen MR) is 127 cm³/mol. The highest BCUT2D eigenvalue weighted by molar-refractivity contribution is 5.17. The van der Waals surface area contributed by atoms with Gasteiger partial charge >= 0.3 is 0 Å². The molecule has 0 bridgehead atoms. The van der Waals surface area contributed by atoms with Crippen LogP contribution in [0, 0.1) is 39.9 Å². The third-order valence-corrected chi connectivity index (χ3v) is 11.5. The van der Waals surface area contributed by atoms with Gasteiger partial charge in [0, 0.05) is 0 Å². The van der Waals surface area contributed by atoms with Gasteiger partial charge in [0.2, 0.25) is 0 Å². The first-order chi connectivity index (χ1) is 14.5. The summed E-state index contributed by atoms with van der Waals surface area (Å²) < 4.78 is 0. The van der Waals surface area contributed by atoms with Crippen molar-refractivity contribution in [3.8, 4) is 0 Å². The van der Waals surface area contributed by atoms with Crippen LogP contribution in [0.2, 0.25) is 0 Å². The van der Waals surface area contributed by atoms with Crippen LogP contribution in [0.1, 0.15) is 118 Å². The normalized spacial score (nSPS) is 51.5. The Bertz CT molecular complexity index is 646. The molecule has 0 unspecified atom stereocenters. The monoisotopic (exact) mass is 434 g/mol. The molecule has 0 radical (unpaired) electrons. The number of hydrogen-bond donors (Lipinski definition) is 3. The molecule has 4 aliphatic carbocycles. The van der Waals surface area contributed by atoms with E-state index in [9.17, 15) is 15.3 Å². The molecule has 0 heterocycles. The minimum Gasteiger partial charge on any atom is -0.393 e. The van der Waals surface area contributed by atoms with Gasteiger partial charge in [-0.3, -0.25) is 0 Å². The van der Waals surface area contributed by atoms with Gasteiger partial charge in [-0.2, -0.15) is 0 Å². The molecule has 0 aromatic heterocycles. The summed E-state index contributed by atoms with van der Waals surface area (Å²) in [7, 11) is 0. The van der Waals surface area contributed by atoms with E-state index in [1.54, 1.807) is 0 Å². The highest BCUT2D eigenvalue weighted by Crippen LogP contribution is 2.73. The van der Waals surface area contributed by atoms with E-state index in [0.29, 0.717) is 17.8 Å². The van der Waals surface area contributed by atoms with E-state index in [1.165, 1.54) is 38.5 Å². The number of rotatable bonds is 6. The van der Waals surface area contributed by atoms with E-state index in [-0.39, 0.29) is 34.4 Å². The lowest BCUT2D eigenvalue weighted by molar-refractivity contribution is -0.217. The minimum atomic E-state index is -0.574. The molecular weight excluding hydrogens is 384 g/mol. The van der Waals surface area contributed by atoms with Crippen molar-refractivity contribution in [2.24, 2.45) is 39.9 Å². The molecule has 4 rings (SSSR count). The van der Waals surface area contributed by atoms with Crippen molar-refractivity contribution in [2.45, 2.75) is 136 Å². The standard InChI is InChI=1S/C28H50O3/c1-6-7-8-9-14-28(5,31)24-11-10-22-26(24,3)16-13-23-25(2)15-12-19(29)17-20(25)21(30)18-27(22,23)4/h19-24,29-31H,6-18H2,1-5H3/t19-,20+,21-,22+,23+,24-,25-,26-,27-,28-/m0/s1. The summed E-state index contributed by atoms with van der Waals surface area (Å²) >= 11 is 0. The lowest BCUT2D eigenvalue weighted by atomic mass is 9.38. The van der Waals surface area contributed by atoms with E-state index >= 15 is 0 Å². The lowest BCUT2D eigenvalue weighted by Gasteiger charge is -2.67. The number of aliphatic hydroxyl groups is 3. The molecule has 180 valence electrons. The highest BCUT2D eigenvalue weighted by atomic mass is 16.3. The number of aliphatic hydroxyl groups excluding tert-OH is 2. The van der Waals surface area contributed by atoms with E-state index in [4.69, 9.17) is 0 Å². The number of unbranched alkanes of at least 4 members (excludes halogenated alkanes) is 3. The molecular formula is C28H50O3. The van der Waals surface area contributed by atoms with E-state index in [0.717, 1.165) is 44.9 Å². The molecule has 31 heavy (non-hydrogen) atoms. The van der Waals surface area contributed by atoms with Crippen LogP contribution in [0.3, 0.4) is 0 Å². The van der Waals surface area contributed by atoms with Crippen molar-refractivity contribution < 1.29 is 15.3 Å². The maximum Gasteiger partial charge on any atom is 0.0653 e. The highest BCUT2D eigenvalue weighted by Gasteiger charge is 2.68. The van der Waals surface area contributed by atoms with Gasteiger partial charge in [-0.05, 0) is 105 Å². The summed E-state index contributed by atoms with van der Waals surface area (Å²) in [6.07, 6.45) is 13.7. The van der Waals surface area contributed by atoms with Crippen LogP contribution >= 0.6 is 0 Å². The van der Waals surface area contributed by atoms with Crippen LogP contribution < -0.4 is 0 Å². The fraction of sp³-hybridized carbons (Fsp3) is 1.00. The van der Waals surface area contributed by atoms with Crippen LogP contribution in [0.25, 0.3) is 0 Å². The predicted octanol–water partition coefficient (Wildman–Crippen LogP) is 6.09. The number of fused-ring (bicyclic) bond motifs is 5. The molecule has 4 fully saturated rings. The molecule has 0 amide bonds. The maximum absolute atomic E-state index is 11.6. The first-order valence-corrected chi connectivity index (χ1v) is 13.6. The molecule has 4 saturated carbocycles. The van der Waals surface area contributed by atoms with Gasteiger partial charge in [0.15, 0.2) is 0 Å². The minimum absolute atomic E-state index is 0.146. The molecule has 0 aliphatic heterocycles. The maximum atomic E-state index is 11.6. The zero-order chi connectivity index (χ0) is 22.7. The summed E-state index contributed by atoms with van der Waals surface area (Å²) in [5.41, 5.74) is -0.105. The summed E-state index contributed by atoms with van der Waals surface area (Å²) in [6, 6.07) is 0. The Morgan fingerprint density at radius 2 is 1.52 bits per heavy atom. The van der Waals surface area contributed by atoms with Crippen molar-refractivity contribution in [3.63, 3.8) is 0 Å². The van der Waals surface area contributed by atoms with Gasteiger partial charge in [0.1, 0.15) is 0 Å². The Labute approximate surface area is 191 Å². The van der Waals surface area contributed by atoms with Gasteiger partial charge in [0.25, 0.3) is 0 Å². The van der Waals surface area contributed by atoms with Crippen LogP contribution in [-0.2, 0) is 0 Å². The summed E-state index contributed by atoms with van der Waals surface area (Å²) in [5.74, 6) is 1.84. The second-order valence-corrected chi connectivity index (χ2v) is 13.3. The lowest BCUT2D eigenvalue weighted by Crippen LogP contribution is -2.63. The largest absolute Gasteiger partial charge is 0.393 e. The quantitative estimate of drug-likeness (QED) is 0.443. The molecule has 0 aromatic rings. The molecule has 3 N–H and O–H groups in total. The smallest absolute Gasteiger partial charge is 0.0653 e. The van der Waals surface area contributed by atoms with Crippen molar-refractivity contribution in [2.75, 3.05) is 0 Å². The van der Waals surface area contributed by atoms with Gasteiger partial charge in [-0.15, -0.1) is 0 Å². The Hall–Kier alpha value is -0.120. The van der Waals surface area contributed by atoms with E-state index in [2.05, 4.69) is 34.6 Å². The Kier molecular flexibility index (Phi) is 6.41. The van der Waals surface area contributed by atoms with Gasteiger partial charge < -0.3 is 15.3 Å². The van der Waals surface area contributed by atoms with Crippen molar-refractivity contribution in [1.82, 2.24) is 0 Å². The van der Waals surface area contributed by atoms with Crippen LogP contribution in [0.15, 0.2) is 0 Å². The van der Waals surface area contributed by atoms with Gasteiger partial charge in [-0.25, -0.2) is 0 Å². The third kappa shape index (κ3) is 3.73. The van der Waals surface area contributed by atoms with Crippen molar-refractivity contribution >= 4 is 0 Å². The number of hydrogen-bond acceptors (Lipinski definition) is 3. The zero-order valence-corrected chi connectivity index (χ0v) is 21.0. The van der Waals surface area contributed by atoms with E-state index in [1.807, 2.05) is 0 Å². The zero-order valence-electron chi connectivity index (χ0n) is 21.0.